The van der Waals surface area contributed by atoms with Gasteiger partial charge in [-0.15, -0.1) is 0 Å². The van der Waals surface area contributed by atoms with Gasteiger partial charge in [-0.2, -0.15) is 18.2 Å². The number of benzene rings is 2. The smallest absolute Gasteiger partial charge is 0.418 e. The fourth-order valence-corrected chi connectivity index (χ4v) is 3.69. The van der Waals surface area contributed by atoms with Gasteiger partial charge in [-0.3, -0.25) is 0 Å². The molecule has 1 saturated heterocycles. The highest BCUT2D eigenvalue weighted by atomic mass is 19.4. The lowest BCUT2D eigenvalue weighted by Crippen LogP contribution is -2.41. The van der Waals surface area contributed by atoms with E-state index in [9.17, 15) is 18.0 Å². The van der Waals surface area contributed by atoms with Gasteiger partial charge in [-0.1, -0.05) is 17.3 Å². The van der Waals surface area contributed by atoms with Crippen molar-refractivity contribution in [2.75, 3.05) is 19.0 Å². The average Bonchev–Trinajstić information content (AvgIpc) is 3.29. The van der Waals surface area contributed by atoms with Gasteiger partial charge in [0.25, 0.3) is 0 Å². The number of aromatic nitrogens is 2. The van der Waals surface area contributed by atoms with Crippen molar-refractivity contribution in [1.29, 1.82) is 0 Å². The third-order valence-electron chi connectivity index (χ3n) is 5.31. The zero-order valence-electron chi connectivity index (χ0n) is 17.2. The molecule has 1 aromatic heterocycles. The molecular weight excluding hydrogens is 425 g/mol. The Kier molecular flexibility index (Phi) is 6.02. The van der Waals surface area contributed by atoms with Crippen LogP contribution in [-0.2, 0) is 6.18 Å². The summed E-state index contributed by atoms with van der Waals surface area (Å²) in [7, 11) is 1.57. The summed E-state index contributed by atoms with van der Waals surface area (Å²) in [5.41, 5.74) is -0.480. The number of anilines is 1. The van der Waals surface area contributed by atoms with Crippen LogP contribution >= 0.6 is 0 Å². The van der Waals surface area contributed by atoms with Crippen molar-refractivity contribution >= 4 is 11.7 Å². The Morgan fingerprint density at radius 1 is 1.16 bits per heavy atom. The summed E-state index contributed by atoms with van der Waals surface area (Å²) in [5, 5.41) is 6.41. The van der Waals surface area contributed by atoms with E-state index < -0.39 is 23.8 Å². The van der Waals surface area contributed by atoms with E-state index in [0.29, 0.717) is 30.1 Å². The van der Waals surface area contributed by atoms with Crippen LogP contribution in [0, 0.1) is 0 Å². The second kappa shape index (κ2) is 8.89. The van der Waals surface area contributed by atoms with Gasteiger partial charge < -0.3 is 19.5 Å². The van der Waals surface area contributed by atoms with E-state index in [0.717, 1.165) is 18.9 Å². The van der Waals surface area contributed by atoms with Crippen molar-refractivity contribution in [2.24, 2.45) is 0 Å². The zero-order chi connectivity index (χ0) is 22.7. The van der Waals surface area contributed by atoms with Gasteiger partial charge >= 0.3 is 12.2 Å². The van der Waals surface area contributed by atoms with Crippen LogP contribution in [0.3, 0.4) is 0 Å². The Morgan fingerprint density at radius 3 is 2.62 bits per heavy atom. The van der Waals surface area contributed by atoms with E-state index in [-0.39, 0.29) is 11.6 Å². The Morgan fingerprint density at radius 2 is 1.91 bits per heavy atom. The first-order valence-corrected chi connectivity index (χ1v) is 10.1. The highest BCUT2D eigenvalue weighted by Gasteiger charge is 2.36. The number of hydrogen-bond acceptors (Lipinski definition) is 5. The highest BCUT2D eigenvalue weighted by Crippen LogP contribution is 2.36. The number of nitrogens with one attached hydrogen (secondary N) is 1. The van der Waals surface area contributed by atoms with E-state index in [4.69, 9.17) is 9.26 Å². The molecule has 168 valence electrons. The number of halogens is 3. The second-order valence-electron chi connectivity index (χ2n) is 7.36. The van der Waals surface area contributed by atoms with Gasteiger partial charge in [0.05, 0.1) is 18.4 Å². The van der Waals surface area contributed by atoms with E-state index >= 15 is 0 Å². The molecular formula is C22H21F3N4O3. The molecule has 1 unspecified atom stereocenters. The molecule has 2 aromatic carbocycles. The van der Waals surface area contributed by atoms with E-state index in [1.807, 2.05) is 0 Å². The van der Waals surface area contributed by atoms with Crippen molar-refractivity contribution in [3.63, 3.8) is 0 Å². The number of carbonyl (C=O) groups excluding carboxylic acids is 1. The molecule has 0 bridgehead atoms. The van der Waals surface area contributed by atoms with Gasteiger partial charge in [-0.05, 0) is 55.7 Å². The molecule has 7 nitrogen and oxygen atoms in total. The number of rotatable bonds is 4. The summed E-state index contributed by atoms with van der Waals surface area (Å²) in [6.45, 7) is 0.366. The summed E-state index contributed by atoms with van der Waals surface area (Å²) >= 11 is 0. The molecule has 1 aliphatic rings. The first-order valence-electron chi connectivity index (χ1n) is 10.1. The van der Waals surface area contributed by atoms with Crippen molar-refractivity contribution in [1.82, 2.24) is 15.0 Å². The summed E-state index contributed by atoms with van der Waals surface area (Å²) in [4.78, 5) is 18.8. The number of nitrogens with zero attached hydrogens (tertiary/aromatic N) is 3. The summed E-state index contributed by atoms with van der Waals surface area (Å²) in [6.07, 6.45) is -2.46. The lowest BCUT2D eigenvalue weighted by atomic mass is 10.0. The molecule has 1 aliphatic heterocycles. The number of hydrogen-bond donors (Lipinski definition) is 1. The van der Waals surface area contributed by atoms with E-state index in [1.165, 1.54) is 23.1 Å². The van der Waals surface area contributed by atoms with Crippen molar-refractivity contribution in [3.05, 3.63) is 60.0 Å². The normalized spacial score (nSPS) is 16.6. The van der Waals surface area contributed by atoms with Crippen molar-refractivity contribution in [3.8, 4) is 17.1 Å². The maximum atomic E-state index is 13.3. The quantitative estimate of drug-likeness (QED) is 0.571. The molecule has 4 rings (SSSR count). The Bertz CT molecular complexity index is 1080. The molecule has 0 saturated carbocycles. The maximum Gasteiger partial charge on any atom is 0.418 e. The number of carbonyl (C=O) groups is 1. The van der Waals surface area contributed by atoms with Crippen LogP contribution in [0.25, 0.3) is 11.4 Å². The SMILES string of the molecule is COc1ccc(-c2noc(C3CCCCN3C(=O)Nc3ccccc3C(F)(F)F)n2)cc1. The predicted molar refractivity (Wildman–Crippen MR) is 110 cm³/mol. The van der Waals surface area contributed by atoms with Gasteiger partial charge in [-0.25, -0.2) is 4.79 Å². The minimum atomic E-state index is -4.58. The Balaban J connectivity index is 1.55. The number of likely N-dealkylation sites (tertiary alicyclic amines) is 1. The van der Waals surface area contributed by atoms with Gasteiger partial charge in [0.2, 0.25) is 11.7 Å². The van der Waals surface area contributed by atoms with Gasteiger partial charge in [0.1, 0.15) is 11.8 Å². The van der Waals surface area contributed by atoms with Crippen LogP contribution in [0.15, 0.2) is 53.1 Å². The lowest BCUT2D eigenvalue weighted by Gasteiger charge is -2.33. The van der Waals surface area contributed by atoms with Crippen LogP contribution in [0.4, 0.5) is 23.7 Å². The van der Waals surface area contributed by atoms with Crippen molar-refractivity contribution < 1.29 is 27.2 Å². The number of alkyl halides is 3. The standard InChI is InChI=1S/C22H21F3N4O3/c1-31-15-11-9-14(10-12-15)19-27-20(32-28-19)18-8-4-5-13-29(18)21(30)26-17-7-3-2-6-16(17)22(23,24)25/h2-3,6-7,9-12,18H,4-5,8,13H2,1H3,(H,26,30). The summed E-state index contributed by atoms with van der Waals surface area (Å²) < 4.78 is 50.4. The number of piperidine rings is 1. The second-order valence-corrected chi connectivity index (χ2v) is 7.36. The van der Waals surface area contributed by atoms with E-state index in [1.54, 1.807) is 31.4 Å². The van der Waals surface area contributed by atoms with Crippen LogP contribution in [0.5, 0.6) is 5.75 Å². The Labute approximate surface area is 182 Å². The minimum Gasteiger partial charge on any atom is -0.497 e. The maximum absolute atomic E-state index is 13.3. The first-order chi connectivity index (χ1) is 15.4. The highest BCUT2D eigenvalue weighted by molar-refractivity contribution is 5.90. The molecule has 32 heavy (non-hydrogen) atoms. The number of ether oxygens (including phenoxy) is 1. The molecule has 1 N–H and O–H groups in total. The third kappa shape index (κ3) is 4.53. The predicted octanol–water partition coefficient (Wildman–Crippen LogP) is 5.52. The molecule has 1 fully saturated rings. The molecule has 3 aromatic rings. The monoisotopic (exact) mass is 446 g/mol. The van der Waals surface area contributed by atoms with Crippen LogP contribution in [-0.4, -0.2) is 34.7 Å². The zero-order valence-corrected chi connectivity index (χ0v) is 17.2. The average molecular weight is 446 g/mol. The largest absolute Gasteiger partial charge is 0.497 e. The van der Waals surface area contributed by atoms with Crippen molar-refractivity contribution in [2.45, 2.75) is 31.5 Å². The van der Waals surface area contributed by atoms with E-state index in [2.05, 4.69) is 15.5 Å². The lowest BCUT2D eigenvalue weighted by molar-refractivity contribution is -0.136. The topological polar surface area (TPSA) is 80.5 Å². The van der Waals surface area contributed by atoms with Crippen LogP contribution < -0.4 is 10.1 Å². The van der Waals surface area contributed by atoms with Gasteiger partial charge in [0, 0.05) is 12.1 Å². The fraction of sp³-hybridized carbons (Fsp3) is 0.318. The van der Waals surface area contributed by atoms with Crippen LogP contribution in [0.2, 0.25) is 0 Å². The molecule has 2 heterocycles. The molecule has 0 spiro atoms. The number of para-hydroxylation sites is 1. The molecule has 0 aliphatic carbocycles. The minimum absolute atomic E-state index is 0.245. The number of urea groups is 1. The third-order valence-corrected chi connectivity index (χ3v) is 5.31. The molecule has 2 amide bonds. The molecule has 1 atom stereocenters. The number of amides is 2. The Hall–Kier alpha value is -3.56. The van der Waals surface area contributed by atoms with Crippen LogP contribution in [0.1, 0.15) is 36.8 Å². The fourth-order valence-electron chi connectivity index (χ4n) is 3.69. The molecule has 0 radical (unpaired) electrons. The summed E-state index contributed by atoms with van der Waals surface area (Å²) in [6, 6.07) is 10.8. The molecule has 10 heteroatoms. The first kappa shape index (κ1) is 21.7. The van der Waals surface area contributed by atoms with Gasteiger partial charge in [0.15, 0.2) is 0 Å². The summed E-state index contributed by atoms with van der Waals surface area (Å²) in [5.74, 6) is 1.29. The number of methoxy groups -OCH3 is 1.